The van der Waals surface area contributed by atoms with Gasteiger partial charge in [0.2, 0.25) is 5.96 Å². The Kier molecular flexibility index (Phi) is 4.54. The van der Waals surface area contributed by atoms with Crippen molar-refractivity contribution >= 4 is 29.1 Å². The van der Waals surface area contributed by atoms with Crippen LogP contribution in [0, 0.1) is 6.92 Å². The van der Waals surface area contributed by atoms with Gasteiger partial charge in [-0.05, 0) is 42.2 Å². The van der Waals surface area contributed by atoms with E-state index in [1.54, 1.807) is 11.8 Å². The third-order valence-corrected chi connectivity index (χ3v) is 5.24. The van der Waals surface area contributed by atoms with Gasteiger partial charge in [0.25, 0.3) is 0 Å². The predicted octanol–water partition coefficient (Wildman–Crippen LogP) is 4.82. The number of guanidine groups is 1. The van der Waals surface area contributed by atoms with Crippen LogP contribution in [0.1, 0.15) is 5.56 Å². The second kappa shape index (κ2) is 7.14. The Labute approximate surface area is 158 Å². The fourth-order valence-electron chi connectivity index (χ4n) is 2.87. The molecule has 130 valence electrons. The molecule has 4 nitrogen and oxygen atoms in total. The summed E-state index contributed by atoms with van der Waals surface area (Å²) in [6.45, 7) is 2.09. The molecule has 0 fully saturated rings. The largest absolute Gasteiger partial charge is 0.328 e. The molecule has 0 aromatic heterocycles. The van der Waals surface area contributed by atoms with Crippen LogP contribution in [0.2, 0.25) is 0 Å². The lowest BCUT2D eigenvalue weighted by atomic mass is 10.2. The van der Waals surface area contributed by atoms with Crippen LogP contribution in [-0.4, -0.2) is 13.0 Å². The lowest BCUT2D eigenvalue weighted by Crippen LogP contribution is -2.36. The highest BCUT2D eigenvalue weighted by Gasteiger charge is 2.24. The summed E-state index contributed by atoms with van der Waals surface area (Å²) in [7, 11) is 2.05. The van der Waals surface area contributed by atoms with Gasteiger partial charge in [-0.2, -0.15) is 4.99 Å². The van der Waals surface area contributed by atoms with E-state index < -0.39 is 0 Å². The minimum atomic E-state index is 0.725. The molecule has 0 aliphatic carbocycles. The first-order valence-electron chi connectivity index (χ1n) is 8.47. The average Bonchev–Trinajstić information content (AvgIpc) is 2.69. The third kappa shape index (κ3) is 3.26. The smallest absolute Gasteiger partial charge is 0.207 e. The van der Waals surface area contributed by atoms with E-state index in [1.165, 1.54) is 5.56 Å². The number of thioether (sulfide) groups is 1. The maximum atomic E-state index is 4.88. The van der Waals surface area contributed by atoms with E-state index in [0.29, 0.717) is 0 Å². The number of allylic oxidation sites excluding steroid dienone is 2. The zero-order chi connectivity index (χ0) is 17.9. The van der Waals surface area contributed by atoms with Crippen LogP contribution in [0.5, 0.6) is 0 Å². The Morgan fingerprint density at radius 1 is 1.04 bits per heavy atom. The number of hydrogen-bond acceptors (Lipinski definition) is 5. The van der Waals surface area contributed by atoms with Gasteiger partial charge in [-0.25, -0.2) is 0 Å². The molecule has 26 heavy (non-hydrogen) atoms. The molecule has 0 saturated heterocycles. The number of fused-ring (bicyclic) bond motifs is 1. The highest BCUT2D eigenvalue weighted by Crippen LogP contribution is 2.36. The molecule has 0 spiro atoms. The molecule has 2 aromatic carbocycles. The fourth-order valence-corrected chi connectivity index (χ4v) is 3.69. The van der Waals surface area contributed by atoms with Crippen LogP contribution >= 0.6 is 11.8 Å². The Balaban J connectivity index is 1.72. The molecule has 0 saturated carbocycles. The first-order chi connectivity index (χ1) is 12.7. The van der Waals surface area contributed by atoms with E-state index in [-0.39, 0.29) is 0 Å². The van der Waals surface area contributed by atoms with Gasteiger partial charge < -0.3 is 15.5 Å². The first-order valence-corrected chi connectivity index (χ1v) is 9.35. The molecule has 0 radical (unpaired) electrons. The molecule has 5 heteroatoms. The summed E-state index contributed by atoms with van der Waals surface area (Å²) in [6, 6.07) is 18.5. The van der Waals surface area contributed by atoms with Gasteiger partial charge in [0.15, 0.2) is 5.82 Å². The van der Waals surface area contributed by atoms with Crippen molar-refractivity contribution in [2.75, 3.05) is 17.3 Å². The van der Waals surface area contributed by atoms with Crippen LogP contribution < -0.4 is 15.5 Å². The Morgan fingerprint density at radius 2 is 1.81 bits per heavy atom. The maximum absolute atomic E-state index is 4.88. The van der Waals surface area contributed by atoms with Crippen LogP contribution in [0.25, 0.3) is 0 Å². The van der Waals surface area contributed by atoms with E-state index >= 15 is 0 Å². The molecule has 0 amide bonds. The van der Waals surface area contributed by atoms with Gasteiger partial charge in [0.05, 0.1) is 10.6 Å². The van der Waals surface area contributed by atoms with Crippen molar-refractivity contribution in [3.8, 4) is 0 Å². The predicted molar refractivity (Wildman–Crippen MR) is 112 cm³/mol. The molecule has 2 heterocycles. The lowest BCUT2D eigenvalue weighted by Gasteiger charge is -2.29. The van der Waals surface area contributed by atoms with Gasteiger partial charge in [0.1, 0.15) is 0 Å². The summed E-state index contributed by atoms with van der Waals surface area (Å²) >= 11 is 1.68. The van der Waals surface area contributed by atoms with Crippen molar-refractivity contribution < 1.29 is 0 Å². The summed E-state index contributed by atoms with van der Waals surface area (Å²) < 4.78 is 0. The number of benzene rings is 2. The molecule has 0 bridgehead atoms. The zero-order valence-electron chi connectivity index (χ0n) is 14.7. The molecular weight excluding hydrogens is 340 g/mol. The molecule has 2 aliphatic rings. The van der Waals surface area contributed by atoms with Gasteiger partial charge in [-0.1, -0.05) is 54.2 Å². The van der Waals surface area contributed by atoms with E-state index in [9.17, 15) is 0 Å². The summed E-state index contributed by atoms with van der Waals surface area (Å²) in [5, 5.41) is 8.91. The summed E-state index contributed by atoms with van der Waals surface area (Å²) in [4.78, 5) is 8.12. The number of aliphatic imine (C=N–C) groups is 1. The minimum Gasteiger partial charge on any atom is -0.328 e. The number of para-hydroxylation sites is 2. The van der Waals surface area contributed by atoms with Crippen LogP contribution in [-0.2, 0) is 0 Å². The standard InChI is InChI=1S/C21H20N4S/c1-15-9-6-7-12-17(15)22-21-23-18-13-8-14-26-19(18)20(24-21)25(2)16-10-4-3-5-11-16/h3-14H,1-2H3,(H2,22,23,24). The third-order valence-electron chi connectivity index (χ3n) is 4.31. The average molecular weight is 360 g/mol. The summed E-state index contributed by atoms with van der Waals surface area (Å²) in [6.07, 6.45) is 4.13. The second-order valence-electron chi connectivity index (χ2n) is 6.10. The quantitative estimate of drug-likeness (QED) is 0.823. The number of nitrogens with zero attached hydrogens (tertiary/aromatic N) is 2. The van der Waals surface area contributed by atoms with Crippen molar-refractivity contribution in [1.82, 2.24) is 5.32 Å². The second-order valence-corrected chi connectivity index (χ2v) is 7.02. The number of nitrogens with one attached hydrogen (secondary N) is 2. The highest BCUT2D eigenvalue weighted by atomic mass is 32.2. The van der Waals surface area contributed by atoms with Gasteiger partial charge in [-0.15, -0.1) is 0 Å². The Bertz CT molecular complexity index is 941. The summed E-state index contributed by atoms with van der Waals surface area (Å²) in [5.41, 5.74) is 4.38. The SMILES string of the molecule is Cc1ccccc1NC1=NC(N(C)c2ccccc2)=C2SC=CC=C2N1. The Hall–Kier alpha value is -2.92. The lowest BCUT2D eigenvalue weighted by molar-refractivity contribution is 0.987. The molecular formula is C21H20N4S. The van der Waals surface area contributed by atoms with E-state index in [1.807, 2.05) is 43.5 Å². The zero-order valence-corrected chi connectivity index (χ0v) is 15.5. The minimum absolute atomic E-state index is 0.725. The molecule has 4 rings (SSSR count). The Morgan fingerprint density at radius 3 is 2.62 bits per heavy atom. The fraction of sp³-hybridized carbons (Fsp3) is 0.0952. The highest BCUT2D eigenvalue weighted by molar-refractivity contribution is 8.06. The van der Waals surface area contributed by atoms with Crippen molar-refractivity contribution in [1.29, 1.82) is 0 Å². The summed E-state index contributed by atoms with van der Waals surface area (Å²) in [5.74, 6) is 1.65. The molecule has 2 aliphatic heterocycles. The van der Waals surface area contributed by atoms with E-state index in [4.69, 9.17) is 4.99 Å². The van der Waals surface area contributed by atoms with Crippen molar-refractivity contribution in [3.63, 3.8) is 0 Å². The molecule has 0 atom stereocenters. The molecule has 2 N–H and O–H groups in total. The van der Waals surface area contributed by atoms with E-state index in [2.05, 4.69) is 58.2 Å². The van der Waals surface area contributed by atoms with Crippen molar-refractivity contribution in [2.45, 2.75) is 6.92 Å². The topological polar surface area (TPSA) is 39.7 Å². The number of anilines is 2. The monoisotopic (exact) mass is 360 g/mol. The van der Waals surface area contributed by atoms with Crippen molar-refractivity contribution in [3.05, 3.63) is 94.1 Å². The number of hydrogen-bond donors (Lipinski definition) is 2. The van der Waals surface area contributed by atoms with Crippen molar-refractivity contribution in [2.24, 2.45) is 4.99 Å². The number of rotatable bonds is 3. The van der Waals surface area contributed by atoms with Crippen LogP contribution in [0.3, 0.4) is 0 Å². The van der Waals surface area contributed by atoms with Gasteiger partial charge in [-0.3, -0.25) is 0 Å². The number of aryl methyl sites for hydroxylation is 1. The maximum Gasteiger partial charge on any atom is 0.207 e. The normalized spacial score (nSPS) is 15.6. The van der Waals surface area contributed by atoms with E-state index in [0.717, 1.165) is 33.8 Å². The van der Waals surface area contributed by atoms with Crippen LogP contribution in [0.4, 0.5) is 11.4 Å². The first kappa shape index (κ1) is 16.5. The van der Waals surface area contributed by atoms with Crippen LogP contribution in [0.15, 0.2) is 93.6 Å². The van der Waals surface area contributed by atoms with Gasteiger partial charge in [0, 0.05) is 18.4 Å². The van der Waals surface area contributed by atoms with Gasteiger partial charge >= 0.3 is 0 Å². The molecule has 2 aromatic rings. The molecule has 0 unspecified atom stereocenters.